The molecule has 0 aliphatic rings. The molecule has 0 bridgehead atoms. The van der Waals surface area contributed by atoms with E-state index in [1.54, 1.807) is 22.9 Å². The van der Waals surface area contributed by atoms with Crippen LogP contribution in [0.4, 0.5) is 4.39 Å². The number of nitrogens with zero attached hydrogens (tertiary/aromatic N) is 2. The molecule has 5 heteroatoms. The normalized spacial score (nSPS) is 10.9. The quantitative estimate of drug-likeness (QED) is 0.738. The highest BCUT2D eigenvalue weighted by Crippen LogP contribution is 2.21. The lowest BCUT2D eigenvalue weighted by Crippen LogP contribution is -2.06. The first-order valence-corrected chi connectivity index (χ1v) is 6.58. The van der Waals surface area contributed by atoms with E-state index in [1.807, 2.05) is 13.8 Å². The molecule has 0 aliphatic carbocycles. The molecule has 90 valence electrons. The lowest BCUT2D eigenvalue weighted by molar-refractivity contribution is 0.579. The Morgan fingerprint density at radius 1 is 1.41 bits per heavy atom. The van der Waals surface area contributed by atoms with Gasteiger partial charge in [-0.25, -0.2) is 4.39 Å². The largest absolute Gasteiger partial charge is 0.264 e. The number of rotatable bonds is 2. The van der Waals surface area contributed by atoms with Crippen molar-refractivity contribution in [2.45, 2.75) is 20.4 Å². The van der Waals surface area contributed by atoms with Crippen molar-refractivity contribution in [2.24, 2.45) is 0 Å². The van der Waals surface area contributed by atoms with Gasteiger partial charge in [-0.15, -0.1) is 0 Å². The predicted molar refractivity (Wildman–Crippen MR) is 74.9 cm³/mol. The maximum absolute atomic E-state index is 13.8. The fourth-order valence-corrected chi connectivity index (χ4v) is 2.24. The third-order valence-electron chi connectivity index (χ3n) is 2.64. The number of hydrogen-bond donors (Lipinski definition) is 0. The van der Waals surface area contributed by atoms with E-state index in [1.165, 1.54) is 0 Å². The van der Waals surface area contributed by atoms with Crippen molar-refractivity contribution in [3.8, 4) is 0 Å². The Balaban J connectivity index is 2.38. The summed E-state index contributed by atoms with van der Waals surface area (Å²) in [4.78, 5) is 0. The van der Waals surface area contributed by atoms with Gasteiger partial charge in [0.05, 0.1) is 20.8 Å². The van der Waals surface area contributed by atoms with Crippen molar-refractivity contribution in [1.82, 2.24) is 9.78 Å². The van der Waals surface area contributed by atoms with Crippen LogP contribution >= 0.6 is 34.2 Å². The lowest BCUT2D eigenvalue weighted by Gasteiger charge is -2.06. The van der Waals surface area contributed by atoms with Crippen LogP contribution in [-0.4, -0.2) is 9.78 Å². The van der Waals surface area contributed by atoms with Crippen molar-refractivity contribution >= 4 is 34.2 Å². The zero-order valence-corrected chi connectivity index (χ0v) is 12.4. The molecule has 1 aromatic heterocycles. The SMILES string of the molecule is Cc1nn(Cc2cccc(Cl)c2F)c(C)c1I. The summed E-state index contributed by atoms with van der Waals surface area (Å²) >= 11 is 7.99. The average molecular weight is 365 g/mol. The van der Waals surface area contributed by atoms with Crippen LogP contribution in [0, 0.1) is 23.2 Å². The monoisotopic (exact) mass is 364 g/mol. The zero-order valence-electron chi connectivity index (χ0n) is 9.47. The van der Waals surface area contributed by atoms with Crippen molar-refractivity contribution in [2.75, 3.05) is 0 Å². The fourth-order valence-electron chi connectivity index (χ4n) is 1.66. The highest BCUT2D eigenvalue weighted by molar-refractivity contribution is 14.1. The molecule has 0 unspecified atom stereocenters. The minimum absolute atomic E-state index is 0.152. The standard InChI is InChI=1S/C12H11ClFIN2/c1-7-12(15)8(2)17(16-7)6-9-4-3-5-10(13)11(9)14/h3-5H,6H2,1-2H3. The van der Waals surface area contributed by atoms with E-state index < -0.39 is 0 Å². The summed E-state index contributed by atoms with van der Waals surface area (Å²) in [5.74, 6) is -0.364. The molecule has 0 amide bonds. The number of aryl methyl sites for hydroxylation is 1. The van der Waals surface area contributed by atoms with E-state index in [0.29, 0.717) is 12.1 Å². The van der Waals surface area contributed by atoms with Gasteiger partial charge in [-0.05, 0) is 42.5 Å². The number of halogens is 3. The molecule has 0 spiro atoms. The van der Waals surface area contributed by atoms with Crippen LogP contribution in [0.25, 0.3) is 0 Å². The van der Waals surface area contributed by atoms with Gasteiger partial charge >= 0.3 is 0 Å². The first-order valence-electron chi connectivity index (χ1n) is 5.13. The topological polar surface area (TPSA) is 17.8 Å². The molecule has 0 saturated carbocycles. The first kappa shape index (κ1) is 12.8. The van der Waals surface area contributed by atoms with Crippen LogP contribution in [0.1, 0.15) is 17.0 Å². The van der Waals surface area contributed by atoms with Crippen LogP contribution < -0.4 is 0 Å². The summed E-state index contributed by atoms with van der Waals surface area (Å²) in [5.41, 5.74) is 2.56. The van der Waals surface area contributed by atoms with Gasteiger partial charge in [0.15, 0.2) is 0 Å². The number of hydrogen-bond acceptors (Lipinski definition) is 1. The molecule has 0 fully saturated rings. The Morgan fingerprint density at radius 2 is 2.12 bits per heavy atom. The summed E-state index contributed by atoms with van der Waals surface area (Å²) in [5, 5.41) is 4.53. The molecule has 1 heterocycles. The molecule has 0 aliphatic heterocycles. The first-order chi connectivity index (χ1) is 8.00. The average Bonchev–Trinajstić information content (AvgIpc) is 2.53. The summed E-state index contributed by atoms with van der Waals surface area (Å²) in [6.07, 6.45) is 0. The molecule has 1 aromatic carbocycles. The molecule has 2 aromatic rings. The molecular weight excluding hydrogens is 354 g/mol. The zero-order chi connectivity index (χ0) is 12.6. The molecular formula is C12H11ClFIN2. The van der Waals surface area contributed by atoms with E-state index in [4.69, 9.17) is 11.6 Å². The maximum atomic E-state index is 13.8. The van der Waals surface area contributed by atoms with Gasteiger partial charge < -0.3 is 0 Å². The van der Waals surface area contributed by atoms with Gasteiger partial charge in [0.25, 0.3) is 0 Å². The van der Waals surface area contributed by atoms with Crippen LogP contribution in [0.5, 0.6) is 0 Å². The number of benzene rings is 1. The van der Waals surface area contributed by atoms with Gasteiger partial charge in [-0.1, -0.05) is 23.7 Å². The van der Waals surface area contributed by atoms with Gasteiger partial charge in [0.1, 0.15) is 5.82 Å². The highest BCUT2D eigenvalue weighted by Gasteiger charge is 2.12. The summed E-state index contributed by atoms with van der Waals surface area (Å²) < 4.78 is 16.7. The van der Waals surface area contributed by atoms with E-state index in [0.717, 1.165) is 15.0 Å². The van der Waals surface area contributed by atoms with Crippen molar-refractivity contribution < 1.29 is 4.39 Å². The minimum Gasteiger partial charge on any atom is -0.264 e. The second-order valence-corrected chi connectivity index (χ2v) is 5.34. The van der Waals surface area contributed by atoms with E-state index in [2.05, 4.69) is 27.7 Å². The predicted octanol–water partition coefficient (Wildman–Crippen LogP) is 3.95. The fraction of sp³-hybridized carbons (Fsp3) is 0.250. The Kier molecular flexibility index (Phi) is 3.73. The Morgan fingerprint density at radius 3 is 2.71 bits per heavy atom. The second-order valence-electron chi connectivity index (χ2n) is 3.86. The molecule has 0 radical (unpaired) electrons. The van der Waals surface area contributed by atoms with Gasteiger partial charge in [-0.3, -0.25) is 4.68 Å². The minimum atomic E-state index is -0.364. The third kappa shape index (κ3) is 2.47. The second kappa shape index (κ2) is 4.94. The molecule has 0 N–H and O–H groups in total. The smallest absolute Gasteiger partial charge is 0.146 e. The Hall–Kier alpha value is -0.620. The van der Waals surface area contributed by atoms with Crippen LogP contribution in [0.2, 0.25) is 5.02 Å². The number of aromatic nitrogens is 2. The van der Waals surface area contributed by atoms with E-state index in [9.17, 15) is 4.39 Å². The molecule has 0 saturated heterocycles. The van der Waals surface area contributed by atoms with Gasteiger partial charge in [-0.2, -0.15) is 5.10 Å². The van der Waals surface area contributed by atoms with Crippen LogP contribution in [0.15, 0.2) is 18.2 Å². The van der Waals surface area contributed by atoms with Crippen LogP contribution in [-0.2, 0) is 6.54 Å². The van der Waals surface area contributed by atoms with E-state index >= 15 is 0 Å². The lowest BCUT2D eigenvalue weighted by atomic mass is 10.2. The highest BCUT2D eigenvalue weighted by atomic mass is 127. The van der Waals surface area contributed by atoms with Crippen molar-refractivity contribution in [3.05, 3.63) is 49.6 Å². The molecule has 2 rings (SSSR count). The molecule has 17 heavy (non-hydrogen) atoms. The van der Waals surface area contributed by atoms with Gasteiger partial charge in [0.2, 0.25) is 0 Å². The summed E-state index contributed by atoms with van der Waals surface area (Å²) in [7, 11) is 0. The molecule has 0 atom stereocenters. The third-order valence-corrected chi connectivity index (χ3v) is 4.50. The Labute approximate surface area is 118 Å². The van der Waals surface area contributed by atoms with E-state index in [-0.39, 0.29) is 10.8 Å². The summed E-state index contributed by atoms with van der Waals surface area (Å²) in [6, 6.07) is 5.02. The molecule has 2 nitrogen and oxygen atoms in total. The summed E-state index contributed by atoms with van der Waals surface area (Å²) in [6.45, 7) is 4.33. The van der Waals surface area contributed by atoms with Crippen molar-refractivity contribution in [1.29, 1.82) is 0 Å². The van der Waals surface area contributed by atoms with Gasteiger partial charge in [0, 0.05) is 11.3 Å². The Bertz CT molecular complexity index is 566. The maximum Gasteiger partial charge on any atom is 0.146 e. The van der Waals surface area contributed by atoms with Crippen LogP contribution in [0.3, 0.4) is 0 Å². The van der Waals surface area contributed by atoms with Crippen molar-refractivity contribution in [3.63, 3.8) is 0 Å².